The molecule has 0 heterocycles. The van der Waals surface area contributed by atoms with Crippen molar-refractivity contribution >= 4 is 45.8 Å². The summed E-state index contributed by atoms with van der Waals surface area (Å²) in [5.41, 5.74) is 0. The van der Waals surface area contributed by atoms with Crippen molar-refractivity contribution in [2.24, 2.45) is 0 Å². The fourth-order valence-electron chi connectivity index (χ4n) is 0.498. The summed E-state index contributed by atoms with van der Waals surface area (Å²) in [4.78, 5) is 0. The Morgan fingerprint density at radius 2 is 1.80 bits per heavy atom. The van der Waals surface area contributed by atoms with Crippen LogP contribution in [-0.4, -0.2) is 0 Å². The molecule has 0 spiro atoms. The van der Waals surface area contributed by atoms with Crippen LogP contribution in [0.2, 0.25) is 10.0 Å². The summed E-state index contributed by atoms with van der Waals surface area (Å²) in [7, 11) is 0. The molecule has 0 radical (unpaired) electrons. The molecule has 0 saturated carbocycles. The van der Waals surface area contributed by atoms with E-state index in [1.165, 1.54) is 12.1 Å². The maximum Gasteiger partial charge on any atom is 0.142 e. The highest BCUT2D eigenvalue weighted by atomic mass is 127. The van der Waals surface area contributed by atoms with Gasteiger partial charge in [0.05, 0.1) is 10.0 Å². The highest BCUT2D eigenvalue weighted by molar-refractivity contribution is 14.1. The summed E-state index contributed by atoms with van der Waals surface area (Å²) in [6.45, 7) is 0. The van der Waals surface area contributed by atoms with Crippen LogP contribution in [0, 0.1) is 9.39 Å². The van der Waals surface area contributed by atoms with Crippen LogP contribution in [0.1, 0.15) is 0 Å². The van der Waals surface area contributed by atoms with Gasteiger partial charge >= 0.3 is 0 Å². The summed E-state index contributed by atoms with van der Waals surface area (Å²) in [5, 5.41) is 0.539. The van der Waals surface area contributed by atoms with E-state index in [0.29, 0.717) is 8.59 Å². The fourth-order valence-corrected chi connectivity index (χ4v) is 1.31. The first-order valence-corrected chi connectivity index (χ1v) is 4.25. The predicted octanol–water partition coefficient (Wildman–Crippen LogP) is 3.74. The van der Waals surface area contributed by atoms with Crippen LogP contribution in [0.5, 0.6) is 0 Å². The van der Waals surface area contributed by atoms with Crippen molar-refractivity contribution in [3.8, 4) is 0 Å². The minimum Gasteiger partial charge on any atom is -0.205 e. The predicted molar refractivity (Wildman–Crippen MR) is 49.1 cm³/mol. The van der Waals surface area contributed by atoms with Gasteiger partial charge in [0.25, 0.3) is 0 Å². The first kappa shape index (κ1) is 8.56. The van der Waals surface area contributed by atoms with E-state index in [2.05, 4.69) is 0 Å². The third-order valence-corrected chi connectivity index (χ3v) is 2.78. The van der Waals surface area contributed by atoms with Crippen LogP contribution in [0.15, 0.2) is 12.1 Å². The van der Waals surface area contributed by atoms with Crippen molar-refractivity contribution in [1.29, 1.82) is 0 Å². The Kier molecular flexibility index (Phi) is 2.77. The second kappa shape index (κ2) is 3.24. The summed E-state index contributed by atoms with van der Waals surface area (Å²) >= 11 is 13.0. The Morgan fingerprint density at radius 3 is 2.30 bits per heavy atom. The Bertz CT molecular complexity index is 212. The second-order valence-corrected chi connectivity index (χ2v) is 3.66. The van der Waals surface area contributed by atoms with Crippen LogP contribution in [0.3, 0.4) is 0 Å². The van der Waals surface area contributed by atoms with Gasteiger partial charge in [-0.3, -0.25) is 0 Å². The SMILES string of the molecule is Fc1cc(I)c(Cl)cc1Cl. The van der Waals surface area contributed by atoms with Crippen molar-refractivity contribution in [2.75, 3.05) is 0 Å². The third-order valence-electron chi connectivity index (χ3n) is 0.963. The molecule has 1 aromatic carbocycles. The van der Waals surface area contributed by atoms with Gasteiger partial charge in [-0.25, -0.2) is 4.39 Å². The van der Waals surface area contributed by atoms with Gasteiger partial charge in [-0.2, -0.15) is 0 Å². The maximum absolute atomic E-state index is 12.6. The second-order valence-electron chi connectivity index (χ2n) is 1.68. The standard InChI is InChI=1S/C6H2Cl2FI/c7-3-1-4(8)6(10)2-5(3)9/h1-2H. The Hall–Kier alpha value is 0.460. The molecule has 0 saturated heterocycles. The van der Waals surface area contributed by atoms with Gasteiger partial charge in [0.15, 0.2) is 0 Å². The molecule has 10 heavy (non-hydrogen) atoms. The lowest BCUT2D eigenvalue weighted by Crippen LogP contribution is -1.79. The number of halogens is 4. The van der Waals surface area contributed by atoms with Crippen molar-refractivity contribution in [3.63, 3.8) is 0 Å². The van der Waals surface area contributed by atoms with Gasteiger partial charge < -0.3 is 0 Å². The van der Waals surface area contributed by atoms with Gasteiger partial charge in [0, 0.05) is 3.57 Å². The van der Waals surface area contributed by atoms with E-state index in [4.69, 9.17) is 23.2 Å². The Morgan fingerprint density at radius 1 is 1.20 bits per heavy atom. The smallest absolute Gasteiger partial charge is 0.142 e. The molecule has 0 atom stereocenters. The van der Waals surface area contributed by atoms with Crippen molar-refractivity contribution < 1.29 is 4.39 Å². The summed E-state index contributed by atoms with van der Waals surface area (Å²) in [5.74, 6) is -0.435. The Balaban J connectivity index is 3.28. The van der Waals surface area contributed by atoms with E-state index < -0.39 is 5.82 Å². The minimum absolute atomic E-state index is 0.0606. The largest absolute Gasteiger partial charge is 0.205 e. The zero-order valence-electron chi connectivity index (χ0n) is 4.67. The van der Waals surface area contributed by atoms with Gasteiger partial charge in [0.1, 0.15) is 5.82 Å². The molecule has 54 valence electrons. The molecule has 4 heteroatoms. The van der Waals surface area contributed by atoms with Gasteiger partial charge in [-0.15, -0.1) is 0 Å². The number of hydrogen-bond donors (Lipinski definition) is 0. The number of hydrogen-bond acceptors (Lipinski definition) is 0. The molecule has 0 unspecified atom stereocenters. The molecule has 0 bridgehead atoms. The molecule has 0 N–H and O–H groups in total. The zero-order chi connectivity index (χ0) is 7.72. The van der Waals surface area contributed by atoms with Crippen molar-refractivity contribution in [1.82, 2.24) is 0 Å². The fraction of sp³-hybridized carbons (Fsp3) is 0. The average Bonchev–Trinajstić information content (AvgIpc) is 1.84. The van der Waals surface area contributed by atoms with E-state index in [-0.39, 0.29) is 5.02 Å². The third kappa shape index (κ3) is 1.74. The van der Waals surface area contributed by atoms with Crippen LogP contribution in [-0.2, 0) is 0 Å². The first-order chi connectivity index (χ1) is 4.61. The highest BCUT2D eigenvalue weighted by Crippen LogP contribution is 2.24. The summed E-state index contributed by atoms with van der Waals surface area (Å²) < 4.78 is 13.2. The monoisotopic (exact) mass is 290 g/mol. The number of benzene rings is 1. The lowest BCUT2D eigenvalue weighted by molar-refractivity contribution is 0.627. The molecule has 0 nitrogen and oxygen atoms in total. The molecule has 0 aliphatic rings. The minimum atomic E-state index is -0.435. The van der Waals surface area contributed by atoms with Crippen molar-refractivity contribution in [2.45, 2.75) is 0 Å². The molecule has 0 aliphatic carbocycles. The van der Waals surface area contributed by atoms with Gasteiger partial charge in [0.2, 0.25) is 0 Å². The molecule has 0 aromatic heterocycles. The zero-order valence-corrected chi connectivity index (χ0v) is 8.34. The van der Waals surface area contributed by atoms with Crippen LogP contribution in [0.4, 0.5) is 4.39 Å². The molecule has 0 amide bonds. The molecule has 0 fully saturated rings. The molecular weight excluding hydrogens is 289 g/mol. The topological polar surface area (TPSA) is 0 Å². The molecule has 1 rings (SSSR count). The van der Waals surface area contributed by atoms with Crippen molar-refractivity contribution in [3.05, 3.63) is 31.6 Å². The normalized spacial score (nSPS) is 10.0. The average molecular weight is 291 g/mol. The number of rotatable bonds is 0. The highest BCUT2D eigenvalue weighted by Gasteiger charge is 2.03. The Labute approximate surface area is 81.5 Å². The lowest BCUT2D eigenvalue weighted by atomic mass is 10.3. The summed E-state index contributed by atoms with van der Waals surface area (Å²) in [6, 6.07) is 2.69. The van der Waals surface area contributed by atoms with Crippen LogP contribution < -0.4 is 0 Å². The van der Waals surface area contributed by atoms with Gasteiger partial charge in [-0.05, 0) is 34.7 Å². The quantitative estimate of drug-likeness (QED) is 0.504. The van der Waals surface area contributed by atoms with E-state index >= 15 is 0 Å². The van der Waals surface area contributed by atoms with E-state index in [1.807, 2.05) is 22.6 Å². The first-order valence-electron chi connectivity index (χ1n) is 2.41. The van der Waals surface area contributed by atoms with E-state index in [9.17, 15) is 4.39 Å². The summed E-state index contributed by atoms with van der Waals surface area (Å²) in [6.07, 6.45) is 0. The van der Waals surface area contributed by atoms with Crippen LogP contribution >= 0.6 is 45.8 Å². The van der Waals surface area contributed by atoms with Crippen LogP contribution in [0.25, 0.3) is 0 Å². The van der Waals surface area contributed by atoms with Gasteiger partial charge in [-0.1, -0.05) is 23.2 Å². The van der Waals surface area contributed by atoms with E-state index in [0.717, 1.165) is 0 Å². The molecule has 1 aromatic rings. The molecular formula is C6H2Cl2FI. The lowest BCUT2D eigenvalue weighted by Gasteiger charge is -1.96. The maximum atomic E-state index is 12.6. The molecule has 0 aliphatic heterocycles. The van der Waals surface area contributed by atoms with E-state index in [1.54, 1.807) is 0 Å².